The molecule has 6 nitrogen and oxygen atoms in total. The predicted molar refractivity (Wildman–Crippen MR) is 77.3 cm³/mol. The Labute approximate surface area is 123 Å². The number of carboxylic acids is 1. The maximum absolute atomic E-state index is 12.2. The number of H-pyrrole nitrogens is 1. The number of carboxylic acid groups (broad SMARTS) is 1. The second kappa shape index (κ2) is 6.39. The van der Waals surface area contributed by atoms with Crippen molar-refractivity contribution in [1.29, 1.82) is 0 Å². The van der Waals surface area contributed by atoms with Gasteiger partial charge in [0, 0.05) is 18.4 Å². The number of nitrogens with zero attached hydrogens (tertiary/aromatic N) is 1. The van der Waals surface area contributed by atoms with E-state index in [0.717, 1.165) is 38.5 Å². The monoisotopic (exact) mass is 294 g/mol. The Morgan fingerprint density at radius 3 is 2.43 bits per heavy atom. The number of nitrogens with one attached hydrogen (secondary N) is 1. The molecule has 0 bridgehead atoms. The van der Waals surface area contributed by atoms with Crippen LogP contribution in [0.15, 0.2) is 4.79 Å². The summed E-state index contributed by atoms with van der Waals surface area (Å²) in [6, 6.07) is 0. The quantitative estimate of drug-likeness (QED) is 0.827. The van der Waals surface area contributed by atoms with Crippen molar-refractivity contribution >= 4 is 5.97 Å². The van der Waals surface area contributed by atoms with E-state index in [0.29, 0.717) is 11.5 Å². The van der Waals surface area contributed by atoms with Crippen LogP contribution in [0.25, 0.3) is 0 Å². The van der Waals surface area contributed by atoms with E-state index in [-0.39, 0.29) is 17.5 Å². The zero-order valence-corrected chi connectivity index (χ0v) is 12.6. The smallest absolute Gasteiger partial charge is 0.308 e. The lowest BCUT2D eigenvalue weighted by Gasteiger charge is -2.30. The second-order valence-corrected chi connectivity index (χ2v) is 5.66. The number of aromatic amines is 1. The SMILES string of the molecule is COC1(c2nc(C)c(CC(=O)O)c(=O)[nH]2)CCCCCC1. The van der Waals surface area contributed by atoms with Crippen molar-refractivity contribution in [2.24, 2.45) is 0 Å². The van der Waals surface area contributed by atoms with Crippen molar-refractivity contribution in [3.05, 3.63) is 27.4 Å². The summed E-state index contributed by atoms with van der Waals surface area (Å²) in [6.45, 7) is 1.68. The third-order valence-corrected chi connectivity index (χ3v) is 4.28. The number of hydrogen-bond donors (Lipinski definition) is 2. The van der Waals surface area contributed by atoms with Gasteiger partial charge in [0.25, 0.3) is 5.56 Å². The highest BCUT2D eigenvalue weighted by molar-refractivity contribution is 5.70. The zero-order valence-electron chi connectivity index (χ0n) is 12.6. The molecule has 1 fully saturated rings. The number of ether oxygens (including phenoxy) is 1. The number of carbonyl (C=O) groups is 1. The van der Waals surface area contributed by atoms with Crippen LogP contribution in [0, 0.1) is 6.92 Å². The average molecular weight is 294 g/mol. The van der Waals surface area contributed by atoms with Crippen LogP contribution < -0.4 is 5.56 Å². The van der Waals surface area contributed by atoms with Crippen molar-refractivity contribution in [2.45, 2.75) is 57.5 Å². The number of hydrogen-bond acceptors (Lipinski definition) is 4. The van der Waals surface area contributed by atoms with E-state index in [1.807, 2.05) is 0 Å². The molecule has 0 unspecified atom stereocenters. The predicted octanol–water partition coefficient (Wildman–Crippen LogP) is 1.90. The summed E-state index contributed by atoms with van der Waals surface area (Å²) in [5.41, 5.74) is -0.245. The number of aryl methyl sites for hydroxylation is 1. The van der Waals surface area contributed by atoms with E-state index in [1.165, 1.54) is 0 Å². The van der Waals surface area contributed by atoms with E-state index >= 15 is 0 Å². The van der Waals surface area contributed by atoms with Crippen LogP contribution in [0.1, 0.15) is 55.6 Å². The van der Waals surface area contributed by atoms with E-state index in [1.54, 1.807) is 14.0 Å². The molecule has 1 saturated carbocycles. The molecule has 2 N–H and O–H groups in total. The molecule has 0 aliphatic heterocycles. The van der Waals surface area contributed by atoms with Gasteiger partial charge in [0.1, 0.15) is 11.4 Å². The van der Waals surface area contributed by atoms with Crippen LogP contribution >= 0.6 is 0 Å². The minimum absolute atomic E-state index is 0.214. The minimum Gasteiger partial charge on any atom is -0.481 e. The minimum atomic E-state index is -1.03. The van der Waals surface area contributed by atoms with Crippen molar-refractivity contribution in [1.82, 2.24) is 9.97 Å². The summed E-state index contributed by atoms with van der Waals surface area (Å²) < 4.78 is 5.73. The van der Waals surface area contributed by atoms with Gasteiger partial charge >= 0.3 is 5.97 Å². The number of aromatic nitrogens is 2. The largest absolute Gasteiger partial charge is 0.481 e. The maximum atomic E-state index is 12.2. The first-order chi connectivity index (χ1) is 9.98. The van der Waals surface area contributed by atoms with E-state index in [2.05, 4.69) is 9.97 Å². The second-order valence-electron chi connectivity index (χ2n) is 5.66. The fourth-order valence-electron chi connectivity index (χ4n) is 3.02. The van der Waals surface area contributed by atoms with Gasteiger partial charge < -0.3 is 14.8 Å². The summed E-state index contributed by atoms with van der Waals surface area (Å²) in [4.78, 5) is 30.2. The maximum Gasteiger partial charge on any atom is 0.308 e. The fourth-order valence-corrected chi connectivity index (χ4v) is 3.02. The molecular formula is C15H22N2O4. The summed E-state index contributed by atoms with van der Waals surface area (Å²) in [6.07, 6.45) is 5.72. The van der Waals surface area contributed by atoms with E-state index < -0.39 is 11.6 Å². The molecule has 6 heteroatoms. The summed E-state index contributed by atoms with van der Waals surface area (Å²) in [7, 11) is 1.64. The lowest BCUT2D eigenvalue weighted by molar-refractivity contribution is -0.136. The summed E-state index contributed by atoms with van der Waals surface area (Å²) >= 11 is 0. The molecule has 0 radical (unpaired) electrons. The number of aliphatic carboxylic acids is 1. The van der Waals surface area contributed by atoms with Gasteiger partial charge in [-0.25, -0.2) is 4.98 Å². The van der Waals surface area contributed by atoms with Crippen LogP contribution in [0.3, 0.4) is 0 Å². The molecule has 0 atom stereocenters. The molecule has 0 aromatic carbocycles. The molecule has 0 saturated heterocycles. The highest BCUT2D eigenvalue weighted by Gasteiger charge is 2.35. The zero-order chi connectivity index (χ0) is 15.5. The van der Waals surface area contributed by atoms with Gasteiger partial charge in [0.15, 0.2) is 0 Å². The Hall–Kier alpha value is -1.69. The fraction of sp³-hybridized carbons (Fsp3) is 0.667. The van der Waals surface area contributed by atoms with Gasteiger partial charge in [0.2, 0.25) is 0 Å². The Morgan fingerprint density at radius 2 is 1.95 bits per heavy atom. The highest BCUT2D eigenvalue weighted by atomic mass is 16.5. The van der Waals surface area contributed by atoms with Gasteiger partial charge in [-0.2, -0.15) is 0 Å². The first kappa shape index (κ1) is 15.7. The van der Waals surface area contributed by atoms with Crippen molar-refractivity contribution in [3.8, 4) is 0 Å². The van der Waals surface area contributed by atoms with Gasteiger partial charge in [-0.3, -0.25) is 9.59 Å². The van der Waals surface area contributed by atoms with Gasteiger partial charge in [0.05, 0.1) is 6.42 Å². The Bertz CT molecular complexity index is 572. The van der Waals surface area contributed by atoms with E-state index in [9.17, 15) is 9.59 Å². The summed E-state index contributed by atoms with van der Waals surface area (Å²) in [5.74, 6) is -0.502. The Morgan fingerprint density at radius 1 is 1.33 bits per heavy atom. The standard InChI is InChI=1S/C15H22N2O4/c1-10-11(9-12(18)19)13(20)17-14(16-10)15(21-2)7-5-3-4-6-8-15/h3-9H2,1-2H3,(H,18,19)(H,16,17,20). The molecule has 116 valence electrons. The normalized spacial score (nSPS) is 18.2. The molecular weight excluding hydrogens is 272 g/mol. The topological polar surface area (TPSA) is 92.3 Å². The molecule has 1 aliphatic carbocycles. The Balaban J connectivity index is 2.43. The Kier molecular flexibility index (Phi) is 4.77. The molecule has 2 rings (SSSR count). The molecule has 21 heavy (non-hydrogen) atoms. The number of rotatable bonds is 4. The van der Waals surface area contributed by atoms with Gasteiger partial charge in [-0.05, 0) is 19.8 Å². The van der Waals surface area contributed by atoms with Crippen LogP contribution in [-0.4, -0.2) is 28.2 Å². The van der Waals surface area contributed by atoms with Crippen LogP contribution in [0.2, 0.25) is 0 Å². The lowest BCUT2D eigenvalue weighted by Crippen LogP contribution is -2.34. The van der Waals surface area contributed by atoms with Crippen LogP contribution in [0.4, 0.5) is 0 Å². The number of methoxy groups -OCH3 is 1. The third-order valence-electron chi connectivity index (χ3n) is 4.28. The lowest BCUT2D eigenvalue weighted by atomic mass is 9.92. The average Bonchev–Trinajstić information content (AvgIpc) is 2.68. The molecule has 0 spiro atoms. The molecule has 1 aromatic heterocycles. The highest BCUT2D eigenvalue weighted by Crippen LogP contribution is 2.36. The van der Waals surface area contributed by atoms with Crippen LogP contribution in [0.5, 0.6) is 0 Å². The van der Waals surface area contributed by atoms with Crippen LogP contribution in [-0.2, 0) is 21.6 Å². The summed E-state index contributed by atoms with van der Waals surface area (Å²) in [5, 5.41) is 8.86. The molecule has 1 aromatic rings. The van der Waals surface area contributed by atoms with Gasteiger partial charge in [-0.1, -0.05) is 25.7 Å². The molecule has 1 heterocycles. The van der Waals surface area contributed by atoms with Gasteiger partial charge in [-0.15, -0.1) is 0 Å². The van der Waals surface area contributed by atoms with Crippen molar-refractivity contribution in [3.63, 3.8) is 0 Å². The first-order valence-electron chi connectivity index (χ1n) is 7.36. The molecule has 0 amide bonds. The van der Waals surface area contributed by atoms with Crippen molar-refractivity contribution < 1.29 is 14.6 Å². The third kappa shape index (κ3) is 3.32. The van der Waals surface area contributed by atoms with Crippen molar-refractivity contribution in [2.75, 3.05) is 7.11 Å². The van der Waals surface area contributed by atoms with E-state index in [4.69, 9.17) is 9.84 Å². The molecule has 1 aliphatic rings. The first-order valence-corrected chi connectivity index (χ1v) is 7.36.